The van der Waals surface area contributed by atoms with Crippen molar-refractivity contribution in [1.29, 1.82) is 10.8 Å². The number of nitrogens with one attached hydrogen (secondary N) is 2. The summed E-state index contributed by atoms with van der Waals surface area (Å²) in [5.41, 5.74) is 15.7. The zero-order valence-electron chi connectivity index (χ0n) is 24.4. The van der Waals surface area contributed by atoms with Crippen molar-refractivity contribution in [2.45, 2.75) is 0 Å². The number of fused-ring (bicyclic) bond motifs is 7. The Hall–Kier alpha value is -6.20. The van der Waals surface area contributed by atoms with Gasteiger partial charge >= 0.3 is 0 Å². The second kappa shape index (κ2) is 10.5. The molecule has 0 spiro atoms. The summed E-state index contributed by atoms with van der Waals surface area (Å²) < 4.78 is 4.49. The predicted octanol–water partition coefficient (Wildman–Crippen LogP) is 9.45. The summed E-state index contributed by atoms with van der Waals surface area (Å²) in [5, 5.41) is 21.5. The molecule has 1 aliphatic rings. The van der Waals surface area contributed by atoms with Crippen LogP contribution in [0.1, 0.15) is 11.1 Å². The molecule has 0 saturated carbocycles. The van der Waals surface area contributed by atoms with Gasteiger partial charge in [0.25, 0.3) is 0 Å². The molecule has 4 N–H and O–H groups in total. The first-order valence-electron chi connectivity index (χ1n) is 14.9. The molecule has 45 heavy (non-hydrogen) atoms. The molecule has 0 saturated heterocycles. The van der Waals surface area contributed by atoms with E-state index in [1.807, 2.05) is 54.6 Å². The van der Waals surface area contributed by atoms with Crippen molar-refractivity contribution in [2.24, 2.45) is 0 Å². The van der Waals surface area contributed by atoms with Crippen molar-refractivity contribution in [2.75, 3.05) is 5.73 Å². The van der Waals surface area contributed by atoms with Crippen molar-refractivity contribution in [3.8, 4) is 5.69 Å². The largest absolute Gasteiger partial charge is 0.399 e. The van der Waals surface area contributed by atoms with Gasteiger partial charge in [0, 0.05) is 44.0 Å². The molecule has 0 aliphatic heterocycles. The molecule has 0 fully saturated rings. The number of nitrogens with two attached hydrogens (primary N) is 1. The third kappa shape index (κ3) is 4.25. The Bertz CT molecular complexity index is 2370. The summed E-state index contributed by atoms with van der Waals surface area (Å²) >= 11 is 0. The van der Waals surface area contributed by atoms with E-state index >= 15 is 0 Å². The van der Waals surface area contributed by atoms with Gasteiger partial charge in [0.05, 0.1) is 39.2 Å². The SMILES string of the molecule is N=C1C=C(n2c3ccccc3c3ccccc32)c2ccccc2C1=N.Nc1ccc(-n2c3ccccc3c3ccccc32)cc1. The van der Waals surface area contributed by atoms with E-state index in [-0.39, 0.29) is 11.4 Å². The Morgan fingerprint density at radius 2 is 0.822 bits per heavy atom. The van der Waals surface area contributed by atoms with Crippen LogP contribution < -0.4 is 5.73 Å². The van der Waals surface area contributed by atoms with Crippen molar-refractivity contribution in [3.05, 3.63) is 163 Å². The van der Waals surface area contributed by atoms with Gasteiger partial charge in [-0.25, -0.2) is 0 Å². The van der Waals surface area contributed by atoms with Crippen LogP contribution in [0.25, 0.3) is 55.0 Å². The summed E-state index contributed by atoms with van der Waals surface area (Å²) in [6, 6.07) is 49.6. The highest BCUT2D eigenvalue weighted by Gasteiger charge is 2.23. The number of rotatable bonds is 2. The molecule has 1 aliphatic carbocycles. The maximum Gasteiger partial charge on any atom is 0.0869 e. The van der Waals surface area contributed by atoms with Crippen LogP contribution >= 0.6 is 0 Å². The number of nitrogens with zero attached hydrogens (tertiary/aromatic N) is 2. The number of benzene rings is 6. The first-order valence-corrected chi connectivity index (χ1v) is 14.9. The molecule has 6 aromatic carbocycles. The highest BCUT2D eigenvalue weighted by molar-refractivity contribution is 6.52. The van der Waals surface area contributed by atoms with E-state index in [1.165, 1.54) is 32.6 Å². The molecule has 0 amide bonds. The highest BCUT2D eigenvalue weighted by atomic mass is 15.0. The number of para-hydroxylation sites is 4. The normalized spacial score (nSPS) is 12.8. The molecule has 9 rings (SSSR count). The maximum atomic E-state index is 8.26. The van der Waals surface area contributed by atoms with Crippen LogP contribution in [0.5, 0.6) is 0 Å². The van der Waals surface area contributed by atoms with Crippen molar-refractivity contribution < 1.29 is 0 Å². The lowest BCUT2D eigenvalue weighted by Gasteiger charge is -2.21. The Morgan fingerprint density at radius 3 is 1.31 bits per heavy atom. The molecule has 0 bridgehead atoms. The lowest BCUT2D eigenvalue weighted by molar-refractivity contribution is 1.18. The second-order valence-corrected chi connectivity index (χ2v) is 11.2. The van der Waals surface area contributed by atoms with Crippen LogP contribution in [-0.2, 0) is 0 Å². The molecule has 5 nitrogen and oxygen atoms in total. The number of aromatic nitrogens is 2. The maximum absolute atomic E-state index is 8.26. The smallest absolute Gasteiger partial charge is 0.0869 e. The van der Waals surface area contributed by atoms with E-state index < -0.39 is 0 Å². The highest BCUT2D eigenvalue weighted by Crippen LogP contribution is 2.36. The molecule has 8 aromatic rings. The molecular formula is C40H29N5. The van der Waals surface area contributed by atoms with Crippen LogP contribution in [0, 0.1) is 10.8 Å². The molecule has 0 unspecified atom stereocenters. The average molecular weight is 580 g/mol. The van der Waals surface area contributed by atoms with Gasteiger partial charge in [0.2, 0.25) is 0 Å². The van der Waals surface area contributed by atoms with Crippen LogP contribution in [-0.4, -0.2) is 20.6 Å². The van der Waals surface area contributed by atoms with Gasteiger partial charge in [-0.05, 0) is 54.6 Å². The van der Waals surface area contributed by atoms with Crippen LogP contribution in [0.4, 0.5) is 5.69 Å². The molecule has 2 heterocycles. The Morgan fingerprint density at radius 1 is 0.422 bits per heavy atom. The number of allylic oxidation sites excluding steroid dienone is 1. The first kappa shape index (κ1) is 26.4. The Labute approximate surface area is 260 Å². The van der Waals surface area contributed by atoms with E-state index in [0.29, 0.717) is 0 Å². The average Bonchev–Trinajstić information content (AvgIpc) is 3.60. The molecule has 0 atom stereocenters. The standard InChI is InChI=1S/C22H15N3.C18H14N2/c23-18-13-21(16-9-1-2-10-17(16)22(18)24)25-19-11-5-3-7-14(19)15-8-4-6-12-20(15)25;19-13-9-11-14(12-10-13)20-17-7-3-1-5-15(17)16-6-2-4-8-18(16)20/h1-13,23-24H;1-12H,19H2. The van der Waals surface area contributed by atoms with Gasteiger partial charge < -0.3 is 14.9 Å². The van der Waals surface area contributed by atoms with E-state index in [2.05, 4.69) is 106 Å². The van der Waals surface area contributed by atoms with Gasteiger partial charge in [0.1, 0.15) is 0 Å². The quantitative estimate of drug-likeness (QED) is 0.175. The number of anilines is 1. The molecule has 214 valence electrons. The Kier molecular flexibility index (Phi) is 6.17. The van der Waals surface area contributed by atoms with E-state index in [4.69, 9.17) is 16.6 Å². The van der Waals surface area contributed by atoms with Gasteiger partial charge in [-0.3, -0.25) is 10.8 Å². The van der Waals surface area contributed by atoms with Crippen molar-refractivity contribution in [1.82, 2.24) is 9.13 Å². The lowest BCUT2D eigenvalue weighted by atomic mass is 9.91. The first-order chi connectivity index (χ1) is 22.1. The van der Waals surface area contributed by atoms with Gasteiger partial charge in [-0.2, -0.15) is 0 Å². The summed E-state index contributed by atoms with van der Waals surface area (Å²) in [5.74, 6) is 0. The third-order valence-corrected chi connectivity index (χ3v) is 8.58. The fourth-order valence-corrected chi connectivity index (χ4v) is 6.55. The van der Waals surface area contributed by atoms with Crippen molar-refractivity contribution in [3.63, 3.8) is 0 Å². The summed E-state index contributed by atoms with van der Waals surface area (Å²) in [7, 11) is 0. The summed E-state index contributed by atoms with van der Waals surface area (Å²) in [6.45, 7) is 0. The molecule has 5 heteroatoms. The minimum absolute atomic E-state index is 0.246. The van der Waals surface area contributed by atoms with Gasteiger partial charge in [-0.1, -0.05) is 97.1 Å². The lowest BCUT2D eigenvalue weighted by Crippen LogP contribution is -2.20. The number of hydrogen-bond acceptors (Lipinski definition) is 3. The molecule has 0 radical (unpaired) electrons. The molecule has 2 aromatic heterocycles. The fraction of sp³-hybridized carbons (Fsp3) is 0. The van der Waals surface area contributed by atoms with Crippen LogP contribution in [0.3, 0.4) is 0 Å². The van der Waals surface area contributed by atoms with Crippen molar-refractivity contribution >= 4 is 66.4 Å². The zero-order valence-corrected chi connectivity index (χ0v) is 24.4. The minimum Gasteiger partial charge on any atom is -0.399 e. The number of hydrogen-bond donors (Lipinski definition) is 3. The van der Waals surface area contributed by atoms with Gasteiger partial charge in [-0.15, -0.1) is 0 Å². The zero-order chi connectivity index (χ0) is 30.5. The predicted molar refractivity (Wildman–Crippen MR) is 189 cm³/mol. The monoisotopic (exact) mass is 579 g/mol. The van der Waals surface area contributed by atoms with Crippen LogP contribution in [0.2, 0.25) is 0 Å². The number of nitrogen functional groups attached to an aromatic ring is 1. The third-order valence-electron chi connectivity index (χ3n) is 8.58. The van der Waals surface area contributed by atoms with Crippen LogP contribution in [0.15, 0.2) is 152 Å². The van der Waals surface area contributed by atoms with Gasteiger partial charge in [0.15, 0.2) is 0 Å². The minimum atomic E-state index is 0.246. The topological polar surface area (TPSA) is 83.6 Å². The molecular weight excluding hydrogens is 550 g/mol. The summed E-state index contributed by atoms with van der Waals surface area (Å²) in [6.07, 6.45) is 1.81. The van der Waals surface area contributed by atoms with E-state index in [9.17, 15) is 0 Å². The summed E-state index contributed by atoms with van der Waals surface area (Å²) in [4.78, 5) is 0. The second-order valence-electron chi connectivity index (χ2n) is 11.2. The fourth-order valence-electron chi connectivity index (χ4n) is 6.55. The Balaban J connectivity index is 0.000000137. The van der Waals surface area contributed by atoms with E-state index in [0.717, 1.165) is 39.2 Å². The van der Waals surface area contributed by atoms with E-state index in [1.54, 1.807) is 0 Å².